The van der Waals surface area contributed by atoms with E-state index < -0.39 is 0 Å². The van der Waals surface area contributed by atoms with Crippen LogP contribution in [0.1, 0.15) is 21.5 Å². The summed E-state index contributed by atoms with van der Waals surface area (Å²) in [6.07, 6.45) is 0. The van der Waals surface area contributed by atoms with Crippen molar-refractivity contribution >= 4 is 23.4 Å². The SMILES string of the molecule is Cc1cccc(CNC(=O)CNC(=O)c2ccccc2Cl)c1. The summed E-state index contributed by atoms with van der Waals surface area (Å²) in [5.74, 6) is -0.613. The predicted octanol–water partition coefficient (Wildman–Crippen LogP) is 2.69. The number of rotatable bonds is 5. The average Bonchev–Trinajstić information content (AvgIpc) is 2.51. The molecule has 0 aliphatic heterocycles. The van der Waals surface area contributed by atoms with Crippen LogP contribution in [-0.4, -0.2) is 18.4 Å². The number of halogens is 1. The zero-order chi connectivity index (χ0) is 15.9. The number of nitrogens with one attached hydrogen (secondary N) is 2. The van der Waals surface area contributed by atoms with Gasteiger partial charge in [0.2, 0.25) is 5.91 Å². The van der Waals surface area contributed by atoms with Crippen LogP contribution < -0.4 is 10.6 Å². The fourth-order valence-electron chi connectivity index (χ4n) is 1.99. The molecular formula is C17H17ClN2O2. The minimum Gasteiger partial charge on any atom is -0.350 e. The van der Waals surface area contributed by atoms with Gasteiger partial charge >= 0.3 is 0 Å². The second-order valence-corrected chi connectivity index (χ2v) is 5.34. The highest BCUT2D eigenvalue weighted by atomic mass is 35.5. The number of carbonyl (C=O) groups is 2. The number of hydrogen-bond acceptors (Lipinski definition) is 2. The Morgan fingerprint density at radius 1 is 1.05 bits per heavy atom. The Kier molecular flexibility index (Phi) is 5.55. The summed E-state index contributed by atoms with van der Waals surface area (Å²) in [4.78, 5) is 23.7. The third kappa shape index (κ3) is 4.60. The molecule has 2 rings (SSSR count). The molecule has 2 amide bonds. The van der Waals surface area contributed by atoms with Crippen LogP contribution >= 0.6 is 11.6 Å². The van der Waals surface area contributed by atoms with Crippen molar-refractivity contribution in [2.75, 3.05) is 6.54 Å². The molecule has 2 aromatic rings. The van der Waals surface area contributed by atoms with Crippen LogP contribution in [0.5, 0.6) is 0 Å². The highest BCUT2D eigenvalue weighted by Gasteiger charge is 2.10. The highest BCUT2D eigenvalue weighted by molar-refractivity contribution is 6.33. The van der Waals surface area contributed by atoms with Crippen molar-refractivity contribution in [3.63, 3.8) is 0 Å². The summed E-state index contributed by atoms with van der Waals surface area (Å²) in [5.41, 5.74) is 2.51. The Bertz CT molecular complexity index is 686. The van der Waals surface area contributed by atoms with Crippen LogP contribution in [0.2, 0.25) is 5.02 Å². The number of aryl methyl sites for hydroxylation is 1. The van der Waals surface area contributed by atoms with E-state index in [1.807, 2.05) is 31.2 Å². The molecule has 0 unspecified atom stereocenters. The monoisotopic (exact) mass is 316 g/mol. The molecule has 0 fully saturated rings. The van der Waals surface area contributed by atoms with E-state index in [4.69, 9.17) is 11.6 Å². The second kappa shape index (κ2) is 7.61. The average molecular weight is 317 g/mol. The maximum Gasteiger partial charge on any atom is 0.253 e. The Morgan fingerprint density at radius 2 is 1.82 bits per heavy atom. The quantitative estimate of drug-likeness (QED) is 0.891. The van der Waals surface area contributed by atoms with Crippen LogP contribution in [0.3, 0.4) is 0 Å². The fourth-order valence-corrected chi connectivity index (χ4v) is 2.21. The summed E-state index contributed by atoms with van der Waals surface area (Å²) in [5, 5.41) is 5.67. The van der Waals surface area contributed by atoms with E-state index in [2.05, 4.69) is 10.6 Å². The first-order valence-electron chi connectivity index (χ1n) is 6.91. The number of carbonyl (C=O) groups excluding carboxylic acids is 2. The van der Waals surface area contributed by atoms with E-state index in [1.54, 1.807) is 24.3 Å². The van der Waals surface area contributed by atoms with Crippen molar-refractivity contribution in [2.24, 2.45) is 0 Å². The maximum atomic E-state index is 11.9. The first-order chi connectivity index (χ1) is 10.6. The van der Waals surface area contributed by atoms with Gasteiger partial charge in [-0.3, -0.25) is 9.59 Å². The molecule has 4 nitrogen and oxygen atoms in total. The molecular weight excluding hydrogens is 300 g/mol. The number of hydrogen-bond donors (Lipinski definition) is 2. The van der Waals surface area contributed by atoms with Gasteiger partial charge in [0.05, 0.1) is 17.1 Å². The lowest BCUT2D eigenvalue weighted by atomic mass is 10.1. The lowest BCUT2D eigenvalue weighted by Crippen LogP contribution is -2.36. The van der Waals surface area contributed by atoms with Crippen molar-refractivity contribution in [1.29, 1.82) is 0 Å². The minimum absolute atomic E-state index is 0.0874. The topological polar surface area (TPSA) is 58.2 Å². The molecule has 114 valence electrons. The van der Waals surface area contributed by atoms with Crippen molar-refractivity contribution in [2.45, 2.75) is 13.5 Å². The minimum atomic E-state index is -0.365. The standard InChI is InChI=1S/C17H17ClN2O2/c1-12-5-4-6-13(9-12)10-19-16(21)11-20-17(22)14-7-2-3-8-15(14)18/h2-9H,10-11H2,1H3,(H,19,21)(H,20,22). The molecule has 0 spiro atoms. The second-order valence-electron chi connectivity index (χ2n) is 4.93. The third-order valence-electron chi connectivity index (χ3n) is 3.10. The Morgan fingerprint density at radius 3 is 2.55 bits per heavy atom. The first kappa shape index (κ1) is 16.0. The molecule has 2 N–H and O–H groups in total. The summed E-state index contributed by atoms with van der Waals surface area (Å²) < 4.78 is 0. The first-order valence-corrected chi connectivity index (χ1v) is 7.29. The largest absolute Gasteiger partial charge is 0.350 e. The van der Waals surface area contributed by atoms with Gasteiger partial charge in [0.1, 0.15) is 0 Å². The van der Waals surface area contributed by atoms with Crippen molar-refractivity contribution in [1.82, 2.24) is 10.6 Å². The molecule has 0 bridgehead atoms. The summed E-state index contributed by atoms with van der Waals surface area (Å²) >= 11 is 5.93. The molecule has 0 radical (unpaired) electrons. The van der Waals surface area contributed by atoms with Crippen LogP contribution in [0, 0.1) is 6.92 Å². The van der Waals surface area contributed by atoms with Crippen molar-refractivity contribution in [3.8, 4) is 0 Å². The molecule has 0 heterocycles. The molecule has 0 saturated heterocycles. The lowest BCUT2D eigenvalue weighted by molar-refractivity contribution is -0.120. The molecule has 5 heteroatoms. The van der Waals surface area contributed by atoms with E-state index >= 15 is 0 Å². The summed E-state index contributed by atoms with van der Waals surface area (Å²) in [7, 11) is 0. The van der Waals surface area contributed by atoms with E-state index in [1.165, 1.54) is 0 Å². The van der Waals surface area contributed by atoms with E-state index in [9.17, 15) is 9.59 Å². The number of amides is 2. The third-order valence-corrected chi connectivity index (χ3v) is 3.43. The normalized spacial score (nSPS) is 10.1. The Labute approximate surface area is 134 Å². The van der Waals surface area contributed by atoms with Gasteiger partial charge in [-0.2, -0.15) is 0 Å². The van der Waals surface area contributed by atoms with E-state index in [0.29, 0.717) is 17.1 Å². The number of benzene rings is 2. The van der Waals surface area contributed by atoms with Crippen LogP contribution in [-0.2, 0) is 11.3 Å². The predicted molar refractivity (Wildman–Crippen MR) is 86.8 cm³/mol. The lowest BCUT2D eigenvalue weighted by Gasteiger charge is -2.08. The zero-order valence-electron chi connectivity index (χ0n) is 12.2. The van der Waals surface area contributed by atoms with E-state index in [-0.39, 0.29) is 18.4 Å². The van der Waals surface area contributed by atoms with Gasteiger partial charge < -0.3 is 10.6 Å². The molecule has 0 saturated carbocycles. The van der Waals surface area contributed by atoms with Gasteiger partial charge in [-0.1, -0.05) is 53.6 Å². The molecule has 0 atom stereocenters. The van der Waals surface area contributed by atoms with Crippen molar-refractivity contribution in [3.05, 3.63) is 70.2 Å². The summed E-state index contributed by atoms with van der Waals surface area (Å²) in [6.45, 7) is 2.34. The van der Waals surface area contributed by atoms with Gasteiger partial charge in [0.25, 0.3) is 5.91 Å². The van der Waals surface area contributed by atoms with Gasteiger partial charge in [-0.05, 0) is 24.6 Å². The van der Waals surface area contributed by atoms with Crippen LogP contribution in [0.15, 0.2) is 48.5 Å². The van der Waals surface area contributed by atoms with Crippen LogP contribution in [0.25, 0.3) is 0 Å². The van der Waals surface area contributed by atoms with Crippen LogP contribution in [0.4, 0.5) is 0 Å². The molecule has 0 aliphatic carbocycles. The summed E-state index contributed by atoms with van der Waals surface area (Å²) in [6, 6.07) is 14.6. The highest BCUT2D eigenvalue weighted by Crippen LogP contribution is 2.14. The Hall–Kier alpha value is -2.33. The van der Waals surface area contributed by atoms with Crippen molar-refractivity contribution < 1.29 is 9.59 Å². The van der Waals surface area contributed by atoms with Gasteiger partial charge in [-0.15, -0.1) is 0 Å². The molecule has 0 aliphatic rings. The molecule has 2 aromatic carbocycles. The van der Waals surface area contributed by atoms with Gasteiger partial charge in [0, 0.05) is 6.54 Å². The fraction of sp³-hybridized carbons (Fsp3) is 0.176. The maximum absolute atomic E-state index is 11.9. The molecule has 22 heavy (non-hydrogen) atoms. The Balaban J connectivity index is 1.81. The van der Waals surface area contributed by atoms with Gasteiger partial charge in [-0.25, -0.2) is 0 Å². The molecule has 0 aromatic heterocycles. The van der Waals surface area contributed by atoms with Gasteiger partial charge in [0.15, 0.2) is 0 Å². The smallest absolute Gasteiger partial charge is 0.253 e. The van der Waals surface area contributed by atoms with E-state index in [0.717, 1.165) is 11.1 Å². The zero-order valence-corrected chi connectivity index (χ0v) is 13.0.